The van der Waals surface area contributed by atoms with Crippen LogP contribution < -0.4 is 0 Å². The second-order valence-electron chi connectivity index (χ2n) is 17.0. The molecular weight excluding hydrogens is 817 g/mol. The normalized spacial score (nSPS) is 13.1. The number of rotatable bonds is 46. The fourth-order valence-electron chi connectivity index (χ4n) is 6.68. The fourth-order valence-corrected chi connectivity index (χ4v) is 6.68. The zero-order chi connectivity index (χ0) is 47.9. The maximum absolute atomic E-state index is 12.8. The molecule has 6 heteroatoms. The van der Waals surface area contributed by atoms with Gasteiger partial charge in [0.15, 0.2) is 6.10 Å². The molecule has 0 heterocycles. The number of unbranched alkanes of at least 4 members (excludes halogenated alkanes) is 15. The Morgan fingerprint density at radius 3 is 1.03 bits per heavy atom. The first-order valence-corrected chi connectivity index (χ1v) is 26.5. The average molecular weight is 913 g/mol. The molecule has 0 bridgehead atoms. The van der Waals surface area contributed by atoms with Crippen molar-refractivity contribution < 1.29 is 28.6 Å². The molecule has 0 amide bonds. The Balaban J connectivity index is 4.57. The van der Waals surface area contributed by atoms with Crippen molar-refractivity contribution in [1.29, 1.82) is 0 Å². The van der Waals surface area contributed by atoms with Crippen molar-refractivity contribution in [2.24, 2.45) is 0 Å². The molecule has 0 aliphatic rings. The highest BCUT2D eigenvalue weighted by atomic mass is 16.6. The lowest BCUT2D eigenvalue weighted by molar-refractivity contribution is -0.167. The van der Waals surface area contributed by atoms with E-state index in [2.05, 4.69) is 142 Å². The molecule has 372 valence electrons. The van der Waals surface area contributed by atoms with Gasteiger partial charge < -0.3 is 14.2 Å². The van der Waals surface area contributed by atoms with Gasteiger partial charge in [-0.1, -0.05) is 200 Å². The summed E-state index contributed by atoms with van der Waals surface area (Å²) in [7, 11) is 0. The second-order valence-corrected chi connectivity index (χ2v) is 17.0. The van der Waals surface area contributed by atoms with E-state index < -0.39 is 6.10 Å². The molecule has 1 atom stereocenters. The summed E-state index contributed by atoms with van der Waals surface area (Å²) in [6.45, 7) is 6.36. The summed E-state index contributed by atoms with van der Waals surface area (Å²) < 4.78 is 16.7. The van der Waals surface area contributed by atoms with Gasteiger partial charge in [-0.3, -0.25) is 14.4 Å². The Morgan fingerprint density at radius 2 is 0.621 bits per heavy atom. The molecule has 0 spiro atoms. The van der Waals surface area contributed by atoms with E-state index in [0.717, 1.165) is 128 Å². The van der Waals surface area contributed by atoms with Gasteiger partial charge in [-0.05, 0) is 122 Å². The smallest absolute Gasteiger partial charge is 0.306 e. The molecule has 0 rings (SSSR count). The standard InChI is InChI=1S/C60H96O6/c1-4-7-10-13-16-19-22-25-28-30-32-35-38-41-44-47-50-53-59(62)65-56-57(55-64-58(61)52-49-46-43-40-37-34-27-24-21-18-15-12-9-6-3)66-60(63)54-51-48-45-42-39-36-33-31-29-26-23-20-17-14-11-8-5-2/h7,10,15-20,24-29,32-33,35-36,41,44,57H,4-6,8-9,11-14,21-23,30-31,34,37-40,42-43,45-56H2,1-3H3/b10-7-,18-15-,19-16-,20-17-,27-24-,28-25-,29-26-,35-32-,36-33-,44-41-/t57-/m1/s1. The van der Waals surface area contributed by atoms with Gasteiger partial charge in [0, 0.05) is 19.3 Å². The van der Waals surface area contributed by atoms with Crippen LogP contribution in [0.1, 0.15) is 220 Å². The first-order chi connectivity index (χ1) is 32.5. The quantitative estimate of drug-likeness (QED) is 0.0262. The van der Waals surface area contributed by atoms with Gasteiger partial charge in [0.25, 0.3) is 0 Å². The third kappa shape index (κ3) is 50.8. The Bertz CT molecular complexity index is 1420. The molecule has 0 unspecified atom stereocenters. The van der Waals surface area contributed by atoms with Crippen molar-refractivity contribution >= 4 is 17.9 Å². The number of hydrogen-bond donors (Lipinski definition) is 0. The SMILES string of the molecule is CC/C=C\C/C=C\C/C=C\C/C=C\C/C=C\CCCC(=O)OC[C@@H](COC(=O)CCCCCCC/C=C\C/C=C\CCCC)OC(=O)CCCCCC/C=C\C/C=C\C/C=C\CCCCC. The van der Waals surface area contributed by atoms with E-state index in [1.165, 1.54) is 44.9 Å². The van der Waals surface area contributed by atoms with Gasteiger partial charge in [-0.25, -0.2) is 0 Å². The van der Waals surface area contributed by atoms with E-state index in [1.54, 1.807) is 0 Å². The largest absolute Gasteiger partial charge is 0.462 e. The molecule has 0 N–H and O–H groups in total. The molecule has 0 aromatic carbocycles. The molecule has 0 aromatic heterocycles. The summed E-state index contributed by atoms with van der Waals surface area (Å²) in [6.07, 6.45) is 73.2. The minimum absolute atomic E-state index is 0.116. The number of hydrogen-bond acceptors (Lipinski definition) is 6. The average Bonchev–Trinajstić information content (AvgIpc) is 3.31. The molecule has 66 heavy (non-hydrogen) atoms. The first-order valence-electron chi connectivity index (χ1n) is 26.5. The number of allylic oxidation sites excluding steroid dienone is 20. The van der Waals surface area contributed by atoms with E-state index in [9.17, 15) is 14.4 Å². The Morgan fingerprint density at radius 1 is 0.318 bits per heavy atom. The summed E-state index contributed by atoms with van der Waals surface area (Å²) in [5.74, 6) is -1.02. The van der Waals surface area contributed by atoms with E-state index >= 15 is 0 Å². The lowest BCUT2D eigenvalue weighted by Gasteiger charge is -2.18. The van der Waals surface area contributed by atoms with Crippen LogP contribution in [-0.4, -0.2) is 37.2 Å². The van der Waals surface area contributed by atoms with Gasteiger partial charge in [-0.2, -0.15) is 0 Å². The molecule has 0 aliphatic carbocycles. The van der Waals surface area contributed by atoms with Crippen LogP contribution in [0.25, 0.3) is 0 Å². The van der Waals surface area contributed by atoms with Crippen LogP contribution in [0.5, 0.6) is 0 Å². The summed E-state index contributed by atoms with van der Waals surface area (Å²) in [6, 6.07) is 0. The van der Waals surface area contributed by atoms with Gasteiger partial charge in [0.1, 0.15) is 13.2 Å². The maximum Gasteiger partial charge on any atom is 0.306 e. The number of carbonyl (C=O) groups excluding carboxylic acids is 3. The predicted molar refractivity (Wildman–Crippen MR) is 283 cm³/mol. The number of ether oxygens (including phenoxy) is 3. The van der Waals surface area contributed by atoms with E-state index in [0.29, 0.717) is 12.8 Å². The minimum atomic E-state index is -0.822. The van der Waals surface area contributed by atoms with Crippen molar-refractivity contribution in [2.45, 2.75) is 226 Å². The van der Waals surface area contributed by atoms with Crippen LogP contribution >= 0.6 is 0 Å². The molecule has 0 aromatic rings. The van der Waals surface area contributed by atoms with Crippen LogP contribution in [0, 0.1) is 0 Å². The van der Waals surface area contributed by atoms with E-state index in [1.807, 2.05) is 0 Å². The summed E-state index contributed by atoms with van der Waals surface area (Å²) in [5, 5.41) is 0. The van der Waals surface area contributed by atoms with Gasteiger partial charge in [0.2, 0.25) is 0 Å². The molecule has 0 saturated heterocycles. The second kappa shape index (κ2) is 53.4. The number of carbonyl (C=O) groups is 3. The molecule has 0 saturated carbocycles. The van der Waals surface area contributed by atoms with Gasteiger partial charge >= 0.3 is 17.9 Å². The zero-order valence-electron chi connectivity index (χ0n) is 42.4. The van der Waals surface area contributed by atoms with Crippen LogP contribution in [0.4, 0.5) is 0 Å². The lowest BCUT2D eigenvalue weighted by atomic mass is 10.1. The topological polar surface area (TPSA) is 78.9 Å². The van der Waals surface area contributed by atoms with Crippen molar-refractivity contribution in [3.8, 4) is 0 Å². The van der Waals surface area contributed by atoms with Crippen LogP contribution in [0.2, 0.25) is 0 Å². The zero-order valence-corrected chi connectivity index (χ0v) is 42.4. The van der Waals surface area contributed by atoms with Gasteiger partial charge in [-0.15, -0.1) is 0 Å². The van der Waals surface area contributed by atoms with Gasteiger partial charge in [0.05, 0.1) is 0 Å². The van der Waals surface area contributed by atoms with Crippen molar-refractivity contribution in [2.75, 3.05) is 13.2 Å². The molecule has 0 aliphatic heterocycles. The molecule has 0 fully saturated rings. The molecule has 6 nitrogen and oxygen atoms in total. The monoisotopic (exact) mass is 913 g/mol. The van der Waals surface area contributed by atoms with Crippen LogP contribution in [-0.2, 0) is 28.6 Å². The molecular formula is C60H96O6. The highest BCUT2D eigenvalue weighted by Crippen LogP contribution is 2.12. The van der Waals surface area contributed by atoms with Crippen LogP contribution in [0.15, 0.2) is 122 Å². The lowest BCUT2D eigenvalue weighted by Crippen LogP contribution is -2.30. The maximum atomic E-state index is 12.8. The highest BCUT2D eigenvalue weighted by Gasteiger charge is 2.19. The van der Waals surface area contributed by atoms with Crippen molar-refractivity contribution in [1.82, 2.24) is 0 Å². The van der Waals surface area contributed by atoms with Crippen molar-refractivity contribution in [3.63, 3.8) is 0 Å². The van der Waals surface area contributed by atoms with Crippen LogP contribution in [0.3, 0.4) is 0 Å². The third-order valence-electron chi connectivity index (χ3n) is 10.7. The minimum Gasteiger partial charge on any atom is -0.462 e. The fraction of sp³-hybridized carbons (Fsp3) is 0.617. The first kappa shape index (κ1) is 61.8. The van der Waals surface area contributed by atoms with E-state index in [-0.39, 0.29) is 44.0 Å². The Labute approximate surface area is 405 Å². The number of esters is 3. The highest BCUT2D eigenvalue weighted by molar-refractivity contribution is 5.71. The predicted octanol–water partition coefficient (Wildman–Crippen LogP) is 17.7. The summed E-state index contributed by atoms with van der Waals surface area (Å²) in [4.78, 5) is 38.0. The van der Waals surface area contributed by atoms with Crippen molar-refractivity contribution in [3.05, 3.63) is 122 Å². The Hall–Kier alpha value is -4.19. The van der Waals surface area contributed by atoms with E-state index in [4.69, 9.17) is 14.2 Å². The third-order valence-corrected chi connectivity index (χ3v) is 10.7. The summed E-state index contributed by atoms with van der Waals surface area (Å²) in [5.41, 5.74) is 0. The Kier molecular flexibility index (Phi) is 50.0. The molecule has 0 radical (unpaired) electrons. The summed E-state index contributed by atoms with van der Waals surface area (Å²) >= 11 is 0.